The van der Waals surface area contributed by atoms with Gasteiger partial charge in [-0.15, -0.1) is 5.10 Å². The maximum atomic E-state index is 12.9. The largest absolute Gasteiger partial charge is 0.418 e. The van der Waals surface area contributed by atoms with Crippen LogP contribution >= 0.6 is 11.8 Å². The second-order valence-electron chi connectivity index (χ2n) is 5.19. The summed E-state index contributed by atoms with van der Waals surface area (Å²) >= 11 is 0.953. The molecule has 11 heteroatoms. The Balaban J connectivity index is 1.99. The number of halogens is 3. The van der Waals surface area contributed by atoms with Gasteiger partial charge in [0.15, 0.2) is 5.16 Å². The van der Waals surface area contributed by atoms with Crippen molar-refractivity contribution in [1.82, 2.24) is 14.8 Å². The lowest BCUT2D eigenvalue weighted by Gasteiger charge is -2.13. The standard InChI is InChI=1S/C15H17F3N4O3S/c1-25-8-4-7-22-13(24)20-21-14(22)26-9-12(23)19-11-6-3-2-5-10(11)15(16,17)18/h2-3,5-6H,4,7-9H2,1H3,(H,19,23)(H,20,24). The summed E-state index contributed by atoms with van der Waals surface area (Å²) in [6, 6.07) is 4.72. The van der Waals surface area contributed by atoms with E-state index in [9.17, 15) is 22.8 Å². The molecule has 0 aliphatic rings. The lowest BCUT2D eigenvalue weighted by atomic mass is 10.1. The Morgan fingerprint density at radius 1 is 1.38 bits per heavy atom. The minimum atomic E-state index is -4.57. The Labute approximate surface area is 150 Å². The monoisotopic (exact) mass is 390 g/mol. The summed E-state index contributed by atoms with van der Waals surface area (Å²) in [7, 11) is 1.54. The van der Waals surface area contributed by atoms with Crippen LogP contribution in [0.15, 0.2) is 34.2 Å². The Morgan fingerprint density at radius 2 is 2.12 bits per heavy atom. The van der Waals surface area contributed by atoms with E-state index in [4.69, 9.17) is 4.74 Å². The first-order valence-corrected chi connectivity index (χ1v) is 8.54. The number of anilines is 1. The first-order chi connectivity index (χ1) is 12.3. The Bertz CT molecular complexity index is 804. The van der Waals surface area contributed by atoms with Gasteiger partial charge in [0, 0.05) is 20.3 Å². The third kappa shape index (κ3) is 5.36. The molecule has 0 spiro atoms. The van der Waals surface area contributed by atoms with Gasteiger partial charge in [0.25, 0.3) is 0 Å². The molecule has 0 aliphatic heterocycles. The predicted molar refractivity (Wildman–Crippen MR) is 90.1 cm³/mol. The minimum Gasteiger partial charge on any atom is -0.385 e. The van der Waals surface area contributed by atoms with Crippen LogP contribution in [0.4, 0.5) is 18.9 Å². The van der Waals surface area contributed by atoms with Crippen LogP contribution < -0.4 is 11.0 Å². The molecule has 0 aliphatic carbocycles. The number of carbonyl (C=O) groups is 1. The fourth-order valence-corrected chi connectivity index (χ4v) is 2.91. The first-order valence-electron chi connectivity index (χ1n) is 7.56. The summed E-state index contributed by atoms with van der Waals surface area (Å²) < 4.78 is 45.1. The van der Waals surface area contributed by atoms with Gasteiger partial charge in [0.1, 0.15) is 0 Å². The maximum Gasteiger partial charge on any atom is 0.418 e. The fraction of sp³-hybridized carbons (Fsp3) is 0.400. The number of para-hydroxylation sites is 1. The van der Waals surface area contributed by atoms with Crippen molar-refractivity contribution in [1.29, 1.82) is 0 Å². The van der Waals surface area contributed by atoms with Gasteiger partial charge in [-0.05, 0) is 18.6 Å². The topological polar surface area (TPSA) is 89.0 Å². The molecule has 1 heterocycles. The zero-order valence-electron chi connectivity index (χ0n) is 13.8. The third-order valence-electron chi connectivity index (χ3n) is 3.29. The summed E-state index contributed by atoms with van der Waals surface area (Å²) in [6.07, 6.45) is -3.99. The summed E-state index contributed by atoms with van der Waals surface area (Å²) in [5.74, 6) is -0.827. The number of thioether (sulfide) groups is 1. The number of aromatic amines is 1. The van der Waals surface area contributed by atoms with Gasteiger partial charge in [0.2, 0.25) is 5.91 Å². The molecule has 0 atom stereocenters. The van der Waals surface area contributed by atoms with Gasteiger partial charge >= 0.3 is 11.9 Å². The van der Waals surface area contributed by atoms with E-state index in [1.807, 2.05) is 0 Å². The average molecular weight is 390 g/mol. The number of rotatable bonds is 8. The number of amides is 1. The SMILES string of the molecule is COCCCn1c(SCC(=O)Nc2ccccc2C(F)(F)F)n[nH]c1=O. The molecule has 2 aromatic rings. The van der Waals surface area contributed by atoms with Crippen LogP contribution in [-0.2, 0) is 22.3 Å². The summed E-state index contributed by atoms with van der Waals surface area (Å²) in [4.78, 5) is 23.7. The van der Waals surface area contributed by atoms with Crippen molar-refractivity contribution in [3.8, 4) is 0 Å². The fourth-order valence-electron chi connectivity index (χ4n) is 2.13. The van der Waals surface area contributed by atoms with Crippen molar-refractivity contribution in [2.45, 2.75) is 24.3 Å². The van der Waals surface area contributed by atoms with Crippen molar-refractivity contribution >= 4 is 23.4 Å². The normalized spacial score (nSPS) is 11.5. The first kappa shape index (κ1) is 20.0. The average Bonchev–Trinajstić information content (AvgIpc) is 2.93. The highest BCUT2D eigenvalue weighted by molar-refractivity contribution is 7.99. The molecule has 2 N–H and O–H groups in total. The highest BCUT2D eigenvalue weighted by atomic mass is 32.2. The van der Waals surface area contributed by atoms with Gasteiger partial charge in [-0.3, -0.25) is 9.36 Å². The molecule has 142 valence electrons. The quantitative estimate of drug-likeness (QED) is 0.534. The molecule has 0 unspecified atom stereocenters. The zero-order chi connectivity index (χ0) is 19.2. The number of nitrogens with zero attached hydrogens (tertiary/aromatic N) is 2. The molecule has 7 nitrogen and oxygen atoms in total. The number of aromatic nitrogens is 3. The number of carbonyl (C=O) groups excluding carboxylic acids is 1. The molecule has 2 rings (SSSR count). The highest BCUT2D eigenvalue weighted by Gasteiger charge is 2.33. The van der Waals surface area contributed by atoms with Crippen LogP contribution in [-0.4, -0.2) is 40.1 Å². The molecule has 1 aromatic carbocycles. The number of hydrogen-bond acceptors (Lipinski definition) is 5. The Hall–Kier alpha value is -2.27. The van der Waals surface area contributed by atoms with Crippen LogP contribution in [0, 0.1) is 0 Å². The van der Waals surface area contributed by atoms with Crippen LogP contribution in [0.5, 0.6) is 0 Å². The maximum absolute atomic E-state index is 12.9. The molecular formula is C15H17F3N4O3S. The molecule has 1 amide bonds. The van der Waals surface area contributed by atoms with Crippen LogP contribution in [0.1, 0.15) is 12.0 Å². The van der Waals surface area contributed by atoms with Gasteiger partial charge in [-0.1, -0.05) is 23.9 Å². The van der Waals surface area contributed by atoms with Gasteiger partial charge in [0.05, 0.1) is 17.0 Å². The van der Waals surface area contributed by atoms with E-state index in [2.05, 4.69) is 15.5 Å². The molecule has 0 fully saturated rings. The minimum absolute atomic E-state index is 0.194. The Kier molecular flexibility index (Phi) is 6.86. The summed E-state index contributed by atoms with van der Waals surface area (Å²) in [5, 5.41) is 8.62. The number of nitrogens with one attached hydrogen (secondary N) is 2. The lowest BCUT2D eigenvalue weighted by Crippen LogP contribution is -2.20. The van der Waals surface area contributed by atoms with E-state index >= 15 is 0 Å². The van der Waals surface area contributed by atoms with Gasteiger partial charge in [-0.2, -0.15) is 13.2 Å². The van der Waals surface area contributed by atoms with E-state index in [-0.39, 0.29) is 16.6 Å². The smallest absolute Gasteiger partial charge is 0.385 e. The molecular weight excluding hydrogens is 373 g/mol. The molecule has 0 saturated heterocycles. The number of H-pyrrole nitrogens is 1. The summed E-state index contributed by atoms with van der Waals surface area (Å²) in [5.41, 5.74) is -1.66. The van der Waals surface area contributed by atoms with Crippen molar-refractivity contribution < 1.29 is 22.7 Å². The van der Waals surface area contributed by atoms with Crippen molar-refractivity contribution in [3.63, 3.8) is 0 Å². The van der Waals surface area contributed by atoms with Crippen LogP contribution in [0.3, 0.4) is 0 Å². The van der Waals surface area contributed by atoms with Crippen LogP contribution in [0.25, 0.3) is 0 Å². The molecule has 0 saturated carbocycles. The van der Waals surface area contributed by atoms with Crippen molar-refractivity contribution in [2.75, 3.05) is 24.8 Å². The highest BCUT2D eigenvalue weighted by Crippen LogP contribution is 2.34. The van der Waals surface area contributed by atoms with E-state index in [0.29, 0.717) is 19.6 Å². The number of ether oxygens (including phenoxy) is 1. The number of methoxy groups -OCH3 is 1. The van der Waals surface area contributed by atoms with Crippen molar-refractivity contribution in [2.24, 2.45) is 0 Å². The van der Waals surface area contributed by atoms with E-state index in [1.165, 1.54) is 29.9 Å². The molecule has 0 radical (unpaired) electrons. The molecule has 1 aromatic heterocycles. The van der Waals surface area contributed by atoms with Gasteiger partial charge in [-0.25, -0.2) is 9.89 Å². The third-order valence-corrected chi connectivity index (χ3v) is 4.27. The second kappa shape index (κ2) is 8.90. The van der Waals surface area contributed by atoms with Crippen molar-refractivity contribution in [3.05, 3.63) is 40.3 Å². The number of benzene rings is 1. The van der Waals surface area contributed by atoms with Crippen LogP contribution in [0.2, 0.25) is 0 Å². The lowest BCUT2D eigenvalue weighted by molar-refractivity contribution is -0.137. The number of hydrogen-bond donors (Lipinski definition) is 2. The number of alkyl halides is 3. The second-order valence-corrected chi connectivity index (χ2v) is 6.13. The van der Waals surface area contributed by atoms with Gasteiger partial charge < -0.3 is 10.1 Å². The Morgan fingerprint density at radius 3 is 2.81 bits per heavy atom. The molecule has 0 bridgehead atoms. The van der Waals surface area contributed by atoms with E-state index < -0.39 is 23.3 Å². The molecule has 26 heavy (non-hydrogen) atoms. The summed E-state index contributed by atoms with van der Waals surface area (Å²) in [6.45, 7) is 0.806. The van der Waals surface area contributed by atoms with E-state index in [1.54, 1.807) is 0 Å². The predicted octanol–water partition coefficient (Wildman–Crippen LogP) is 2.36. The van der Waals surface area contributed by atoms with E-state index in [0.717, 1.165) is 17.8 Å². The zero-order valence-corrected chi connectivity index (χ0v) is 14.6.